The molecule has 0 aliphatic heterocycles. The Morgan fingerprint density at radius 2 is 1.89 bits per heavy atom. The molecule has 28 heavy (non-hydrogen) atoms. The van der Waals surface area contributed by atoms with Crippen molar-refractivity contribution in [2.45, 2.75) is 45.1 Å². The zero-order valence-electron chi connectivity index (χ0n) is 16.0. The zero-order chi connectivity index (χ0) is 19.3. The second kappa shape index (κ2) is 8.33. The minimum Gasteiger partial charge on any atom is -0.351 e. The maximum absolute atomic E-state index is 13.9. The van der Waals surface area contributed by atoms with Crippen LogP contribution in [-0.4, -0.2) is 21.0 Å². The van der Waals surface area contributed by atoms with Crippen molar-refractivity contribution in [1.29, 1.82) is 0 Å². The predicted molar refractivity (Wildman–Crippen MR) is 110 cm³/mol. The molecule has 0 amide bonds. The molecular weight excluding hydrogens is 353 g/mol. The fraction of sp³-hybridized carbons (Fsp3) is 0.318. The number of nitrogens with one attached hydrogen (secondary N) is 2. The first kappa shape index (κ1) is 18.3. The van der Waals surface area contributed by atoms with Gasteiger partial charge in [-0.3, -0.25) is 4.98 Å². The van der Waals surface area contributed by atoms with Crippen LogP contribution in [0.15, 0.2) is 48.8 Å². The van der Waals surface area contributed by atoms with Crippen molar-refractivity contribution in [3.8, 4) is 11.3 Å². The van der Waals surface area contributed by atoms with Crippen LogP contribution in [0.3, 0.4) is 0 Å². The average molecular weight is 377 g/mol. The van der Waals surface area contributed by atoms with Crippen LogP contribution in [0.2, 0.25) is 0 Å². The van der Waals surface area contributed by atoms with Crippen molar-refractivity contribution in [1.82, 2.24) is 15.0 Å². The van der Waals surface area contributed by atoms with Crippen LogP contribution >= 0.6 is 0 Å². The normalized spacial score (nSPS) is 14.6. The van der Waals surface area contributed by atoms with Crippen LogP contribution in [-0.2, 0) is 0 Å². The Morgan fingerprint density at radius 1 is 1.04 bits per heavy atom. The van der Waals surface area contributed by atoms with E-state index in [2.05, 4.69) is 20.6 Å². The third-order valence-corrected chi connectivity index (χ3v) is 5.07. The third kappa shape index (κ3) is 4.44. The van der Waals surface area contributed by atoms with Gasteiger partial charge in [0.15, 0.2) is 0 Å². The molecule has 0 saturated heterocycles. The molecule has 0 unspecified atom stereocenters. The summed E-state index contributed by atoms with van der Waals surface area (Å²) in [6.07, 6.45) is 9.53. The summed E-state index contributed by atoms with van der Waals surface area (Å²) in [7, 11) is 0. The first-order chi connectivity index (χ1) is 13.7. The Balaban J connectivity index is 1.65. The van der Waals surface area contributed by atoms with E-state index in [4.69, 9.17) is 4.98 Å². The van der Waals surface area contributed by atoms with Crippen molar-refractivity contribution in [3.63, 3.8) is 0 Å². The van der Waals surface area contributed by atoms with Gasteiger partial charge in [0.25, 0.3) is 0 Å². The van der Waals surface area contributed by atoms with Crippen molar-refractivity contribution < 1.29 is 4.39 Å². The quantitative estimate of drug-likeness (QED) is 0.617. The predicted octanol–water partition coefficient (Wildman–Crippen LogP) is 5.47. The van der Waals surface area contributed by atoms with Crippen molar-refractivity contribution >= 4 is 17.5 Å². The number of pyridine rings is 1. The van der Waals surface area contributed by atoms with Gasteiger partial charge >= 0.3 is 0 Å². The molecule has 2 aromatic heterocycles. The van der Waals surface area contributed by atoms with E-state index in [0.717, 1.165) is 24.1 Å². The summed E-state index contributed by atoms with van der Waals surface area (Å²) in [6, 6.07) is 11.2. The first-order valence-electron chi connectivity index (χ1n) is 9.76. The lowest BCUT2D eigenvalue weighted by Crippen LogP contribution is -2.23. The van der Waals surface area contributed by atoms with E-state index in [1.165, 1.54) is 25.3 Å². The molecule has 1 aliphatic rings. The van der Waals surface area contributed by atoms with E-state index < -0.39 is 0 Å². The van der Waals surface area contributed by atoms with Gasteiger partial charge in [0.2, 0.25) is 5.95 Å². The maximum Gasteiger partial charge on any atom is 0.225 e. The van der Waals surface area contributed by atoms with Gasteiger partial charge in [-0.25, -0.2) is 9.37 Å². The van der Waals surface area contributed by atoms with E-state index in [0.29, 0.717) is 29.1 Å². The van der Waals surface area contributed by atoms with Crippen LogP contribution < -0.4 is 10.6 Å². The molecule has 6 heteroatoms. The highest BCUT2D eigenvalue weighted by molar-refractivity contribution is 5.67. The zero-order valence-corrected chi connectivity index (χ0v) is 16.0. The van der Waals surface area contributed by atoms with Gasteiger partial charge in [-0.2, -0.15) is 4.98 Å². The molecule has 1 fully saturated rings. The number of hydrogen-bond acceptors (Lipinski definition) is 5. The monoisotopic (exact) mass is 377 g/mol. The van der Waals surface area contributed by atoms with E-state index in [9.17, 15) is 4.39 Å². The number of benzene rings is 1. The van der Waals surface area contributed by atoms with Gasteiger partial charge in [0, 0.05) is 35.8 Å². The molecule has 1 aromatic carbocycles. The summed E-state index contributed by atoms with van der Waals surface area (Å²) < 4.78 is 13.9. The summed E-state index contributed by atoms with van der Waals surface area (Å²) in [5.74, 6) is 0.964. The van der Waals surface area contributed by atoms with Crippen LogP contribution in [0.4, 0.5) is 21.8 Å². The van der Waals surface area contributed by atoms with E-state index >= 15 is 0 Å². The van der Waals surface area contributed by atoms with E-state index in [1.807, 2.05) is 24.3 Å². The molecule has 1 saturated carbocycles. The molecule has 0 spiro atoms. The summed E-state index contributed by atoms with van der Waals surface area (Å²) in [5, 5.41) is 6.69. The van der Waals surface area contributed by atoms with Crippen molar-refractivity contribution in [3.05, 3.63) is 60.2 Å². The fourth-order valence-corrected chi connectivity index (χ4v) is 3.49. The highest BCUT2D eigenvalue weighted by atomic mass is 19.1. The summed E-state index contributed by atoms with van der Waals surface area (Å²) in [6.45, 7) is 1.75. The summed E-state index contributed by atoms with van der Waals surface area (Å²) in [4.78, 5) is 13.5. The lowest BCUT2D eigenvalue weighted by atomic mass is 9.96. The average Bonchev–Trinajstić information content (AvgIpc) is 2.72. The van der Waals surface area contributed by atoms with Gasteiger partial charge in [-0.15, -0.1) is 0 Å². The Bertz CT molecular complexity index is 939. The number of aryl methyl sites for hydroxylation is 1. The number of anilines is 3. The van der Waals surface area contributed by atoms with Crippen molar-refractivity contribution in [2.24, 2.45) is 0 Å². The van der Waals surface area contributed by atoms with Gasteiger partial charge in [0.1, 0.15) is 11.6 Å². The van der Waals surface area contributed by atoms with Crippen molar-refractivity contribution in [2.75, 3.05) is 10.6 Å². The Kier molecular flexibility index (Phi) is 5.46. The van der Waals surface area contributed by atoms with E-state index in [-0.39, 0.29) is 5.82 Å². The molecular formula is C22H24FN5. The maximum atomic E-state index is 13.9. The molecule has 144 valence electrons. The molecule has 0 radical (unpaired) electrons. The minimum absolute atomic E-state index is 0.243. The van der Waals surface area contributed by atoms with Gasteiger partial charge in [-0.05, 0) is 49.6 Å². The molecule has 4 rings (SSSR count). The molecule has 1 aliphatic carbocycles. The molecule has 2 heterocycles. The number of rotatable bonds is 5. The highest BCUT2D eigenvalue weighted by Gasteiger charge is 2.16. The number of aromatic nitrogens is 3. The molecule has 2 N–H and O–H groups in total. The standard InChI is InChI=1S/C22H24FN5/c1-15-9-10-18(12-19(15)23)25-21-13-20(16-6-5-11-24-14-16)27-22(28-21)26-17-7-3-2-4-8-17/h5-6,9-14,17H,2-4,7-8H2,1H3,(H2,25,26,27,28). The van der Waals surface area contributed by atoms with Gasteiger partial charge in [-0.1, -0.05) is 25.3 Å². The first-order valence-corrected chi connectivity index (χ1v) is 9.76. The van der Waals surface area contributed by atoms with Crippen LogP contribution in [0.25, 0.3) is 11.3 Å². The molecule has 5 nitrogen and oxygen atoms in total. The fourth-order valence-electron chi connectivity index (χ4n) is 3.49. The summed E-state index contributed by atoms with van der Waals surface area (Å²) >= 11 is 0. The molecule has 0 atom stereocenters. The lowest BCUT2D eigenvalue weighted by Gasteiger charge is -2.23. The van der Waals surface area contributed by atoms with Gasteiger partial charge in [0.05, 0.1) is 5.69 Å². The topological polar surface area (TPSA) is 62.7 Å². The Labute approximate surface area is 164 Å². The largest absolute Gasteiger partial charge is 0.351 e. The van der Waals surface area contributed by atoms with Crippen LogP contribution in [0.1, 0.15) is 37.7 Å². The Morgan fingerprint density at radius 3 is 2.64 bits per heavy atom. The minimum atomic E-state index is -0.243. The van der Waals surface area contributed by atoms with Crippen LogP contribution in [0, 0.1) is 12.7 Å². The smallest absolute Gasteiger partial charge is 0.225 e. The number of halogens is 1. The number of hydrogen-bond donors (Lipinski definition) is 2. The molecule has 0 bridgehead atoms. The van der Waals surface area contributed by atoms with E-state index in [1.54, 1.807) is 25.4 Å². The van der Waals surface area contributed by atoms with Gasteiger partial charge < -0.3 is 10.6 Å². The Hall–Kier alpha value is -3.02. The molecule has 3 aromatic rings. The lowest BCUT2D eigenvalue weighted by molar-refractivity contribution is 0.461. The third-order valence-electron chi connectivity index (χ3n) is 5.07. The SMILES string of the molecule is Cc1ccc(Nc2cc(-c3cccnc3)nc(NC3CCCCC3)n2)cc1F. The summed E-state index contributed by atoms with van der Waals surface area (Å²) in [5.41, 5.74) is 2.96. The number of nitrogens with zero attached hydrogens (tertiary/aromatic N) is 3. The highest BCUT2D eigenvalue weighted by Crippen LogP contribution is 2.26. The second-order valence-corrected chi connectivity index (χ2v) is 7.27. The second-order valence-electron chi connectivity index (χ2n) is 7.27. The van der Waals surface area contributed by atoms with Crippen LogP contribution in [0.5, 0.6) is 0 Å².